The van der Waals surface area contributed by atoms with Crippen LogP contribution in [0.25, 0.3) is 21.6 Å². The highest BCUT2D eigenvalue weighted by atomic mass is 31.3. The summed E-state index contributed by atoms with van der Waals surface area (Å²) < 4.78 is 58.8. The molecule has 0 spiro atoms. The van der Waals surface area contributed by atoms with Crippen molar-refractivity contribution < 1.29 is 60.5 Å². The Morgan fingerprint density at radius 1 is 1.26 bits per heavy atom. The van der Waals surface area contributed by atoms with Crippen molar-refractivity contribution in [3.05, 3.63) is 23.1 Å². The fraction of sp³-hybridized carbons (Fsp3) is 0.545. The van der Waals surface area contributed by atoms with Crippen LogP contribution in [0.2, 0.25) is 0 Å². The van der Waals surface area contributed by atoms with Crippen molar-refractivity contribution in [3.8, 4) is 0 Å². The molecule has 3 heterocycles. The summed E-state index contributed by atoms with van der Waals surface area (Å²) in [4.78, 5) is 49.6. The summed E-state index contributed by atoms with van der Waals surface area (Å²) in [5.74, 6) is 0.169. The number of nitrogen functional groups attached to an aromatic ring is 1. The van der Waals surface area contributed by atoms with Crippen LogP contribution in [0.1, 0.15) is 12.6 Å². The van der Waals surface area contributed by atoms with Crippen LogP contribution in [0.4, 0.5) is 5.82 Å². The molecule has 5 atom stereocenters. The number of hydrogen-bond donors (Lipinski definition) is 6. The molecule has 2 unspecified atom stereocenters. The Balaban J connectivity index is 1.74. The molecule has 20 nitrogen and oxygen atoms in total. The third kappa shape index (κ3) is 7.00. The number of aromatic amines is 1. The van der Waals surface area contributed by atoms with Crippen LogP contribution >= 0.6 is 23.5 Å². The zero-order valence-electron chi connectivity index (χ0n) is 16.7. The van der Waals surface area contributed by atoms with Crippen LogP contribution in [0, 0.1) is 0 Å². The van der Waals surface area contributed by atoms with E-state index in [0.717, 1.165) is 0 Å². The molecule has 0 bridgehead atoms. The van der Waals surface area contributed by atoms with Gasteiger partial charge in [0.1, 0.15) is 12.8 Å². The Morgan fingerprint density at radius 3 is 2.68 bits per heavy atom. The number of H-pyrrole nitrogens is 1. The molecule has 2 aromatic rings. The largest absolute Gasteiger partial charge is 0.490 e. The summed E-state index contributed by atoms with van der Waals surface area (Å²) >= 11 is 0. The fourth-order valence-electron chi connectivity index (χ4n) is 2.95. The Labute approximate surface area is 188 Å². The first-order chi connectivity index (χ1) is 15.8. The molecule has 1 aliphatic rings. The smallest absolute Gasteiger partial charge is 0.369 e. The lowest BCUT2D eigenvalue weighted by atomic mass is 10.2. The zero-order chi connectivity index (χ0) is 25.1. The second kappa shape index (κ2) is 10.3. The first-order valence-electron chi connectivity index (χ1n) is 8.85. The third-order valence-electron chi connectivity index (χ3n) is 4.16. The number of nitrogens with one attached hydrogen (secondary N) is 1. The molecule has 34 heavy (non-hydrogen) atoms. The molecule has 0 aromatic carbocycles. The van der Waals surface area contributed by atoms with E-state index in [4.69, 9.17) is 30.5 Å². The lowest BCUT2D eigenvalue weighted by molar-refractivity contribution is -0.740. The molecule has 7 N–H and O–H groups in total. The highest BCUT2D eigenvalue weighted by Crippen LogP contribution is 2.66. The standard InChI is InChI=1S/C11H17N8O12P3/c12-10-9-11(15-3-14-9)19(4-16-10)8-1-6(27-5-17-18-13)7(29-8)2-28-33(23,24)31-34(25,26)30-32(20,21)22/h3-4,6-8H,1-2,5H2,(H6,12,14,15,20,21,22,23,24,25,26)/p+1/t6-,7-,8-/m1/s1. The van der Waals surface area contributed by atoms with Crippen LogP contribution in [0.15, 0.2) is 17.8 Å². The number of phosphoric ester groups is 1. The first kappa shape index (κ1) is 26.6. The maximum absolute atomic E-state index is 12.0. The molecule has 1 aliphatic heterocycles. The van der Waals surface area contributed by atoms with E-state index in [9.17, 15) is 23.5 Å². The van der Waals surface area contributed by atoms with Crippen LogP contribution in [-0.2, 0) is 36.3 Å². The summed E-state index contributed by atoms with van der Waals surface area (Å²) in [6.07, 6.45) is -0.0346. The SMILES string of the molecule is [N-]=[N+]=NCO[C@@H]1C[C@H]([n+]2cnc(N)c3[nH]cnc32)O[C@@H]1COP(=O)(O)OP(=O)(O)OP(=O)(O)O. The van der Waals surface area contributed by atoms with Gasteiger partial charge in [0.05, 0.1) is 12.7 Å². The monoisotopic (exact) mass is 547 g/mol. The van der Waals surface area contributed by atoms with E-state index in [1.807, 2.05) is 0 Å². The average Bonchev–Trinajstić information content (AvgIpc) is 3.32. The van der Waals surface area contributed by atoms with Crippen molar-refractivity contribution in [2.75, 3.05) is 19.1 Å². The Hall–Kier alpha value is -2.01. The quantitative estimate of drug-likeness (QED) is 0.0715. The number of nitrogens with zero attached hydrogens (tertiary/aromatic N) is 6. The van der Waals surface area contributed by atoms with Gasteiger partial charge >= 0.3 is 23.5 Å². The lowest BCUT2D eigenvalue weighted by Crippen LogP contribution is -2.41. The number of fused-ring (bicyclic) bond motifs is 1. The molecule has 0 amide bonds. The number of imidazole rings is 1. The maximum Gasteiger partial charge on any atom is 0.490 e. The molecule has 1 fully saturated rings. The van der Waals surface area contributed by atoms with Crippen molar-refractivity contribution in [2.45, 2.75) is 24.9 Å². The number of anilines is 1. The van der Waals surface area contributed by atoms with Gasteiger partial charge in [-0.15, -0.1) is 0 Å². The van der Waals surface area contributed by atoms with Crippen LogP contribution in [-0.4, -0.2) is 60.1 Å². The van der Waals surface area contributed by atoms with Crippen molar-refractivity contribution >= 4 is 40.4 Å². The van der Waals surface area contributed by atoms with E-state index in [0.29, 0.717) is 11.2 Å². The van der Waals surface area contributed by atoms with Crippen LogP contribution in [0.3, 0.4) is 0 Å². The minimum atomic E-state index is -5.68. The van der Waals surface area contributed by atoms with Gasteiger partial charge in [-0.25, -0.2) is 18.3 Å². The van der Waals surface area contributed by atoms with Crippen molar-refractivity contribution in [2.24, 2.45) is 5.11 Å². The van der Waals surface area contributed by atoms with E-state index in [1.165, 1.54) is 17.2 Å². The molecule has 23 heteroatoms. The van der Waals surface area contributed by atoms with E-state index >= 15 is 0 Å². The number of phosphoric acid groups is 3. The van der Waals surface area contributed by atoms with Crippen LogP contribution < -0.4 is 10.3 Å². The minimum Gasteiger partial charge on any atom is -0.369 e. The van der Waals surface area contributed by atoms with Gasteiger partial charge in [0.15, 0.2) is 18.1 Å². The second-order valence-corrected chi connectivity index (χ2v) is 10.9. The number of ether oxygens (including phenoxy) is 2. The molecule has 1 saturated heterocycles. The number of hydrogen-bond acceptors (Lipinski definition) is 12. The van der Waals surface area contributed by atoms with Gasteiger partial charge in [0, 0.05) is 11.3 Å². The molecule has 0 saturated carbocycles. The number of azide groups is 1. The normalized spacial score (nSPS) is 24.4. The third-order valence-corrected chi connectivity index (χ3v) is 7.96. The summed E-state index contributed by atoms with van der Waals surface area (Å²) in [7, 11) is -16.6. The summed E-state index contributed by atoms with van der Waals surface area (Å²) in [6, 6.07) is 0. The molecular weight excluding hydrogens is 529 g/mol. The maximum atomic E-state index is 12.0. The van der Waals surface area contributed by atoms with Gasteiger partial charge in [-0.3, -0.25) is 4.52 Å². The van der Waals surface area contributed by atoms with Crippen molar-refractivity contribution in [1.82, 2.24) is 15.0 Å². The van der Waals surface area contributed by atoms with Gasteiger partial charge < -0.3 is 39.8 Å². The predicted octanol–water partition coefficient (Wildman–Crippen LogP) is 0.111. The Bertz CT molecular complexity index is 1230. The summed E-state index contributed by atoms with van der Waals surface area (Å²) in [5, 5.41) is 3.23. The van der Waals surface area contributed by atoms with E-state index < -0.39 is 55.2 Å². The minimum absolute atomic E-state index is 0.0869. The van der Waals surface area contributed by atoms with Crippen molar-refractivity contribution in [1.29, 1.82) is 0 Å². The molecule has 3 rings (SSSR count). The molecule has 188 valence electrons. The molecule has 0 radical (unpaired) electrons. The lowest BCUT2D eigenvalue weighted by Gasteiger charge is -2.20. The van der Waals surface area contributed by atoms with Crippen LogP contribution in [0.5, 0.6) is 0 Å². The highest BCUT2D eigenvalue weighted by Gasteiger charge is 2.44. The van der Waals surface area contributed by atoms with E-state index in [-0.39, 0.29) is 12.2 Å². The molecular formula is C11H18N8O12P3+. The Kier molecular flexibility index (Phi) is 8.07. The number of rotatable bonds is 11. The first-order valence-corrected chi connectivity index (χ1v) is 13.4. The topological polar surface area (TPSA) is 299 Å². The van der Waals surface area contributed by atoms with Gasteiger partial charge in [-0.1, -0.05) is 15.1 Å². The van der Waals surface area contributed by atoms with E-state index in [2.05, 4.69) is 38.1 Å². The van der Waals surface area contributed by atoms with Gasteiger partial charge in [-0.05, 0) is 5.53 Å². The highest BCUT2D eigenvalue weighted by molar-refractivity contribution is 7.66. The summed E-state index contributed by atoms with van der Waals surface area (Å²) in [6.45, 7) is -1.20. The number of aromatic nitrogens is 4. The predicted molar refractivity (Wildman–Crippen MR) is 106 cm³/mol. The van der Waals surface area contributed by atoms with Gasteiger partial charge in [0.2, 0.25) is 12.1 Å². The fourth-order valence-corrected chi connectivity index (χ4v) is 5.98. The van der Waals surface area contributed by atoms with Gasteiger partial charge in [-0.2, -0.15) is 8.62 Å². The van der Waals surface area contributed by atoms with Gasteiger partial charge in [0.25, 0.3) is 5.65 Å². The average molecular weight is 547 g/mol. The van der Waals surface area contributed by atoms with E-state index in [1.54, 1.807) is 0 Å². The second-order valence-electron chi connectivity index (χ2n) is 6.45. The Morgan fingerprint density at radius 2 is 2.00 bits per heavy atom. The number of nitrogens with two attached hydrogens (primary N) is 1. The zero-order valence-corrected chi connectivity index (χ0v) is 19.3. The van der Waals surface area contributed by atoms with Crippen molar-refractivity contribution in [3.63, 3.8) is 0 Å². The molecule has 2 aromatic heterocycles. The molecule has 0 aliphatic carbocycles. The summed E-state index contributed by atoms with van der Waals surface area (Å²) in [5.41, 5.74) is 15.0.